The van der Waals surface area contributed by atoms with E-state index in [2.05, 4.69) is 5.32 Å². The molecule has 1 fully saturated rings. The Bertz CT molecular complexity index is 851. The molecule has 3 amide bonds. The van der Waals surface area contributed by atoms with Gasteiger partial charge in [0.25, 0.3) is 5.91 Å². The average Bonchev–Trinajstić information content (AvgIpc) is 3.18. The molecule has 190 valence electrons. The first kappa shape index (κ1) is 26.2. The maximum absolute atomic E-state index is 12.9. The number of rotatable bonds is 7. The Morgan fingerprint density at radius 3 is 2.74 bits per heavy atom. The van der Waals surface area contributed by atoms with Gasteiger partial charge in [0, 0.05) is 65.8 Å². The van der Waals surface area contributed by atoms with Gasteiger partial charge in [-0.15, -0.1) is 0 Å². The van der Waals surface area contributed by atoms with Crippen LogP contribution in [0.5, 0.6) is 0 Å². The highest BCUT2D eigenvalue weighted by molar-refractivity contribution is 5.96. The van der Waals surface area contributed by atoms with Crippen molar-refractivity contribution < 1.29 is 19.1 Å². The third kappa shape index (κ3) is 6.81. The molecule has 2 aliphatic rings. The number of ketones is 1. The summed E-state index contributed by atoms with van der Waals surface area (Å²) in [7, 11) is 3.49. The van der Waals surface area contributed by atoms with Crippen molar-refractivity contribution in [3.05, 3.63) is 17.0 Å². The molecule has 0 saturated carbocycles. The standard InChI is InChI=1S/C25H41N5O4/c1-4-20-23-21(11-8-16-34-17-9-13-26-24(23)32)30(27-20)15-6-5-12-22(31)19-10-7-14-29(18-19)25(33)28(2)3/h19H,4-18H2,1-3H3,(H,26,32). The van der Waals surface area contributed by atoms with E-state index < -0.39 is 0 Å². The fraction of sp³-hybridized carbons (Fsp3) is 0.760. The van der Waals surface area contributed by atoms with Crippen molar-refractivity contribution in [3.63, 3.8) is 0 Å². The lowest BCUT2D eigenvalue weighted by Gasteiger charge is -2.33. The van der Waals surface area contributed by atoms with E-state index in [4.69, 9.17) is 9.84 Å². The maximum Gasteiger partial charge on any atom is 0.319 e. The highest BCUT2D eigenvalue weighted by atomic mass is 16.5. The minimum absolute atomic E-state index is 0.0176. The van der Waals surface area contributed by atoms with E-state index in [1.807, 2.05) is 11.6 Å². The topological polar surface area (TPSA) is 96.8 Å². The molecular formula is C25H41N5O4. The van der Waals surface area contributed by atoms with Crippen molar-refractivity contribution >= 4 is 17.7 Å². The smallest absolute Gasteiger partial charge is 0.319 e. The predicted octanol–water partition coefficient (Wildman–Crippen LogP) is 2.66. The SMILES string of the molecule is CCc1nn(CCCCC(=O)C2CCCN(C(=O)N(C)C)C2)c2c1C(=O)NCCCOCCC2. The molecule has 1 N–H and O–H groups in total. The van der Waals surface area contributed by atoms with Crippen molar-refractivity contribution in [2.24, 2.45) is 5.92 Å². The summed E-state index contributed by atoms with van der Waals surface area (Å²) >= 11 is 0. The van der Waals surface area contributed by atoms with Gasteiger partial charge in [-0.05, 0) is 51.4 Å². The first-order valence-electron chi connectivity index (χ1n) is 12.9. The van der Waals surface area contributed by atoms with Crippen molar-refractivity contribution in [1.29, 1.82) is 0 Å². The van der Waals surface area contributed by atoms with E-state index in [1.165, 1.54) is 0 Å². The van der Waals surface area contributed by atoms with Gasteiger partial charge in [-0.2, -0.15) is 5.10 Å². The first-order chi connectivity index (χ1) is 16.4. The molecule has 1 aromatic rings. The highest BCUT2D eigenvalue weighted by Crippen LogP contribution is 2.22. The van der Waals surface area contributed by atoms with Crippen LogP contribution in [0.1, 0.15) is 73.6 Å². The Balaban J connectivity index is 1.56. The number of carbonyl (C=O) groups is 3. The van der Waals surface area contributed by atoms with Crippen LogP contribution in [-0.4, -0.2) is 84.2 Å². The Morgan fingerprint density at radius 1 is 1.18 bits per heavy atom. The van der Waals surface area contributed by atoms with Crippen molar-refractivity contribution in [1.82, 2.24) is 24.9 Å². The van der Waals surface area contributed by atoms with Gasteiger partial charge in [-0.3, -0.25) is 14.3 Å². The number of amides is 3. The lowest BCUT2D eigenvalue weighted by atomic mass is 9.91. The van der Waals surface area contributed by atoms with Gasteiger partial charge in [0.05, 0.1) is 17.0 Å². The molecule has 1 unspecified atom stereocenters. The summed E-state index contributed by atoms with van der Waals surface area (Å²) in [5, 5.41) is 7.78. The molecule has 0 aromatic carbocycles. The van der Waals surface area contributed by atoms with Gasteiger partial charge in [-0.1, -0.05) is 6.92 Å². The van der Waals surface area contributed by atoms with Gasteiger partial charge in [0.2, 0.25) is 0 Å². The summed E-state index contributed by atoms with van der Waals surface area (Å²) in [6.45, 7) is 5.93. The van der Waals surface area contributed by atoms with E-state index in [0.717, 1.165) is 68.4 Å². The molecule has 0 bridgehead atoms. The summed E-state index contributed by atoms with van der Waals surface area (Å²) in [5.74, 6) is 0.153. The van der Waals surface area contributed by atoms with Crippen LogP contribution in [0, 0.1) is 5.92 Å². The van der Waals surface area contributed by atoms with Crippen LogP contribution in [-0.2, 0) is 28.9 Å². The minimum Gasteiger partial charge on any atom is -0.381 e. The molecule has 0 spiro atoms. The maximum atomic E-state index is 12.9. The van der Waals surface area contributed by atoms with Crippen molar-refractivity contribution in [2.75, 3.05) is 46.9 Å². The molecule has 2 aliphatic heterocycles. The number of urea groups is 1. The van der Waals surface area contributed by atoms with Gasteiger partial charge >= 0.3 is 6.03 Å². The quantitative estimate of drug-likeness (QED) is 0.612. The Morgan fingerprint density at radius 2 is 1.97 bits per heavy atom. The zero-order valence-corrected chi connectivity index (χ0v) is 21.1. The number of hydrogen-bond acceptors (Lipinski definition) is 5. The van der Waals surface area contributed by atoms with Crippen LogP contribution >= 0.6 is 0 Å². The number of carbonyl (C=O) groups excluding carboxylic acids is 3. The number of aryl methyl sites for hydroxylation is 2. The second-order valence-corrected chi connectivity index (χ2v) is 9.56. The number of unbranched alkanes of at least 4 members (excludes halogenated alkanes) is 1. The molecule has 1 saturated heterocycles. The van der Waals surface area contributed by atoms with Crippen LogP contribution in [0.25, 0.3) is 0 Å². The van der Waals surface area contributed by atoms with Crippen molar-refractivity contribution in [2.45, 2.75) is 71.3 Å². The molecule has 0 radical (unpaired) electrons. The van der Waals surface area contributed by atoms with Gasteiger partial charge in [-0.25, -0.2) is 4.79 Å². The molecule has 9 heteroatoms. The molecule has 34 heavy (non-hydrogen) atoms. The fourth-order valence-electron chi connectivity index (χ4n) is 4.87. The number of fused-ring (bicyclic) bond motifs is 1. The van der Waals surface area contributed by atoms with Crippen molar-refractivity contribution in [3.8, 4) is 0 Å². The summed E-state index contributed by atoms with van der Waals surface area (Å²) in [6, 6.07) is -0.0176. The highest BCUT2D eigenvalue weighted by Gasteiger charge is 2.29. The fourth-order valence-corrected chi connectivity index (χ4v) is 4.87. The van der Waals surface area contributed by atoms with Crippen LogP contribution in [0.4, 0.5) is 4.79 Å². The van der Waals surface area contributed by atoms with E-state index in [0.29, 0.717) is 45.7 Å². The number of aromatic nitrogens is 2. The number of hydrogen-bond donors (Lipinski definition) is 1. The number of nitrogens with zero attached hydrogens (tertiary/aromatic N) is 4. The second-order valence-electron chi connectivity index (χ2n) is 9.56. The van der Waals surface area contributed by atoms with Crippen LogP contribution in [0.3, 0.4) is 0 Å². The van der Waals surface area contributed by atoms with Crippen LogP contribution in [0.15, 0.2) is 0 Å². The van der Waals surface area contributed by atoms with Gasteiger partial charge in [0.1, 0.15) is 5.78 Å². The Hall–Kier alpha value is -2.42. The van der Waals surface area contributed by atoms with E-state index in [1.54, 1.807) is 23.9 Å². The lowest BCUT2D eigenvalue weighted by molar-refractivity contribution is -0.124. The number of nitrogens with one attached hydrogen (secondary N) is 1. The predicted molar refractivity (Wildman–Crippen MR) is 130 cm³/mol. The molecule has 3 heterocycles. The monoisotopic (exact) mass is 475 g/mol. The molecule has 1 aromatic heterocycles. The van der Waals surface area contributed by atoms with Gasteiger partial charge in [0.15, 0.2) is 0 Å². The molecule has 1 atom stereocenters. The van der Waals surface area contributed by atoms with Crippen LogP contribution < -0.4 is 5.32 Å². The zero-order valence-electron chi connectivity index (χ0n) is 21.1. The molecule has 0 aliphatic carbocycles. The number of ether oxygens (including phenoxy) is 1. The molecule has 3 rings (SSSR count). The van der Waals surface area contributed by atoms with E-state index in [-0.39, 0.29) is 23.6 Å². The summed E-state index contributed by atoms with van der Waals surface area (Å²) < 4.78 is 7.64. The Kier molecular flexibility index (Phi) is 9.92. The third-order valence-corrected chi connectivity index (χ3v) is 6.72. The second kappa shape index (κ2) is 12.9. The average molecular weight is 476 g/mol. The van der Waals surface area contributed by atoms with E-state index >= 15 is 0 Å². The first-order valence-corrected chi connectivity index (χ1v) is 12.9. The zero-order chi connectivity index (χ0) is 24.5. The third-order valence-electron chi connectivity index (χ3n) is 6.72. The van der Waals surface area contributed by atoms with Crippen LogP contribution in [0.2, 0.25) is 0 Å². The lowest BCUT2D eigenvalue weighted by Crippen LogP contribution is -2.46. The normalized spacial score (nSPS) is 19.7. The largest absolute Gasteiger partial charge is 0.381 e. The Labute approximate surface area is 203 Å². The number of likely N-dealkylation sites (tertiary alicyclic amines) is 1. The van der Waals surface area contributed by atoms with Gasteiger partial charge < -0.3 is 19.9 Å². The molecular weight excluding hydrogens is 434 g/mol. The number of piperidine rings is 1. The summed E-state index contributed by atoms with van der Waals surface area (Å²) in [4.78, 5) is 41.3. The van der Waals surface area contributed by atoms with E-state index in [9.17, 15) is 14.4 Å². The minimum atomic E-state index is -0.0608. The summed E-state index contributed by atoms with van der Waals surface area (Å²) in [6.07, 6.45) is 7.00. The number of Topliss-reactive ketones (excluding diaryl/α,β-unsaturated/α-hetero) is 1. The summed E-state index contributed by atoms with van der Waals surface area (Å²) in [5.41, 5.74) is 2.56. The molecule has 9 nitrogen and oxygen atoms in total.